The molecule has 0 aliphatic rings. The molecule has 5 heteroatoms. The van der Waals surface area contributed by atoms with Crippen molar-refractivity contribution in [2.24, 2.45) is 5.84 Å². The molecule has 0 radical (unpaired) electrons. The molecule has 0 aliphatic heterocycles. The van der Waals surface area contributed by atoms with E-state index in [1.807, 2.05) is 49.4 Å². The van der Waals surface area contributed by atoms with Gasteiger partial charge in [0.05, 0.1) is 12.6 Å². The maximum absolute atomic E-state index is 5.74. The van der Waals surface area contributed by atoms with Crippen LogP contribution in [0.2, 0.25) is 0 Å². The molecule has 0 saturated carbocycles. The quantitative estimate of drug-likeness (QED) is 0.586. The van der Waals surface area contributed by atoms with Crippen LogP contribution >= 0.6 is 31.9 Å². The van der Waals surface area contributed by atoms with Crippen molar-refractivity contribution in [3.8, 4) is 5.75 Å². The van der Waals surface area contributed by atoms with E-state index in [4.69, 9.17) is 10.6 Å². The molecule has 0 bridgehead atoms. The third-order valence-electron chi connectivity index (χ3n) is 2.89. The maximum atomic E-state index is 5.74. The van der Waals surface area contributed by atoms with Gasteiger partial charge >= 0.3 is 0 Å². The topological polar surface area (TPSA) is 47.3 Å². The SMILES string of the molecule is CCOc1cccc(C(NN)c2cc(Br)cc(Br)c2)c1. The summed E-state index contributed by atoms with van der Waals surface area (Å²) in [6.07, 6.45) is 0. The predicted octanol–water partition coefficient (Wildman–Crippen LogP) is 4.16. The van der Waals surface area contributed by atoms with Gasteiger partial charge in [-0.25, -0.2) is 5.43 Å². The van der Waals surface area contributed by atoms with E-state index >= 15 is 0 Å². The van der Waals surface area contributed by atoms with E-state index in [0.717, 1.165) is 25.8 Å². The van der Waals surface area contributed by atoms with Crippen molar-refractivity contribution in [2.45, 2.75) is 13.0 Å². The molecule has 2 aromatic carbocycles. The van der Waals surface area contributed by atoms with Gasteiger partial charge in [0.15, 0.2) is 0 Å². The van der Waals surface area contributed by atoms with E-state index < -0.39 is 0 Å². The molecule has 3 nitrogen and oxygen atoms in total. The van der Waals surface area contributed by atoms with Gasteiger partial charge in [0.2, 0.25) is 0 Å². The van der Waals surface area contributed by atoms with Gasteiger partial charge in [-0.15, -0.1) is 0 Å². The number of benzene rings is 2. The van der Waals surface area contributed by atoms with Crippen molar-refractivity contribution < 1.29 is 4.74 Å². The summed E-state index contributed by atoms with van der Waals surface area (Å²) in [4.78, 5) is 0. The third-order valence-corrected chi connectivity index (χ3v) is 3.80. The lowest BCUT2D eigenvalue weighted by Gasteiger charge is -2.18. The Bertz CT molecular complexity index is 570. The summed E-state index contributed by atoms with van der Waals surface area (Å²) < 4.78 is 7.54. The second-order valence-electron chi connectivity index (χ2n) is 4.31. The number of ether oxygens (including phenoxy) is 1. The first kappa shape index (κ1) is 15.5. The number of rotatable bonds is 5. The van der Waals surface area contributed by atoms with E-state index in [1.54, 1.807) is 0 Å². The lowest BCUT2D eigenvalue weighted by atomic mass is 9.99. The minimum absolute atomic E-state index is 0.0933. The molecular formula is C15H16Br2N2O. The predicted molar refractivity (Wildman–Crippen MR) is 88.6 cm³/mol. The second-order valence-corrected chi connectivity index (χ2v) is 6.14. The standard InChI is InChI=1S/C15H16Br2N2O/c1-2-20-14-5-3-4-10(8-14)15(19-18)11-6-12(16)9-13(17)7-11/h3-9,15,19H,2,18H2,1H3. The van der Waals surface area contributed by atoms with Crippen LogP contribution in [0.5, 0.6) is 5.75 Å². The fourth-order valence-electron chi connectivity index (χ4n) is 2.08. The average molecular weight is 400 g/mol. The molecule has 0 aliphatic carbocycles. The van der Waals surface area contributed by atoms with Crippen LogP contribution in [0.15, 0.2) is 51.4 Å². The summed E-state index contributed by atoms with van der Waals surface area (Å²) in [5.74, 6) is 6.59. The van der Waals surface area contributed by atoms with Crippen LogP contribution in [-0.2, 0) is 0 Å². The molecule has 106 valence electrons. The Morgan fingerprint density at radius 2 is 1.80 bits per heavy atom. The van der Waals surface area contributed by atoms with Crippen LogP contribution in [0.4, 0.5) is 0 Å². The third kappa shape index (κ3) is 3.82. The zero-order chi connectivity index (χ0) is 14.5. The van der Waals surface area contributed by atoms with Gasteiger partial charge in [0, 0.05) is 8.95 Å². The summed E-state index contributed by atoms with van der Waals surface area (Å²) in [5.41, 5.74) is 4.99. The fraction of sp³-hybridized carbons (Fsp3) is 0.200. The van der Waals surface area contributed by atoms with Crippen LogP contribution in [0, 0.1) is 0 Å². The normalized spacial score (nSPS) is 12.2. The van der Waals surface area contributed by atoms with E-state index in [0.29, 0.717) is 6.61 Å². The van der Waals surface area contributed by atoms with Gasteiger partial charge < -0.3 is 4.74 Å². The second kappa shape index (κ2) is 7.22. The lowest BCUT2D eigenvalue weighted by Crippen LogP contribution is -2.28. The van der Waals surface area contributed by atoms with Gasteiger partial charge in [-0.3, -0.25) is 5.84 Å². The Labute approximate surface area is 135 Å². The van der Waals surface area contributed by atoms with E-state index in [2.05, 4.69) is 37.3 Å². The average Bonchev–Trinajstić information content (AvgIpc) is 2.39. The van der Waals surface area contributed by atoms with Crippen molar-refractivity contribution >= 4 is 31.9 Å². The van der Waals surface area contributed by atoms with Gasteiger partial charge in [0.1, 0.15) is 5.75 Å². The van der Waals surface area contributed by atoms with Crippen LogP contribution < -0.4 is 16.0 Å². The van der Waals surface area contributed by atoms with Crippen molar-refractivity contribution in [1.82, 2.24) is 5.43 Å². The molecular weight excluding hydrogens is 384 g/mol. The zero-order valence-electron chi connectivity index (χ0n) is 11.1. The zero-order valence-corrected chi connectivity index (χ0v) is 14.2. The van der Waals surface area contributed by atoms with Crippen LogP contribution in [0.1, 0.15) is 24.1 Å². The van der Waals surface area contributed by atoms with Crippen LogP contribution in [0.25, 0.3) is 0 Å². The largest absolute Gasteiger partial charge is 0.494 e. The highest BCUT2D eigenvalue weighted by Crippen LogP contribution is 2.29. The van der Waals surface area contributed by atoms with Crippen molar-refractivity contribution in [3.05, 3.63) is 62.5 Å². The van der Waals surface area contributed by atoms with Gasteiger partial charge in [0.25, 0.3) is 0 Å². The summed E-state index contributed by atoms with van der Waals surface area (Å²) >= 11 is 7.00. The maximum Gasteiger partial charge on any atom is 0.119 e. The Hall–Kier alpha value is -0.880. The molecule has 20 heavy (non-hydrogen) atoms. The van der Waals surface area contributed by atoms with Gasteiger partial charge in [-0.1, -0.05) is 44.0 Å². The summed E-state index contributed by atoms with van der Waals surface area (Å²) in [7, 11) is 0. The monoisotopic (exact) mass is 398 g/mol. The summed E-state index contributed by atoms with van der Waals surface area (Å²) in [6, 6.07) is 13.9. The molecule has 3 N–H and O–H groups in total. The molecule has 0 fully saturated rings. The number of hydrazine groups is 1. The molecule has 2 aromatic rings. The number of hydrogen-bond donors (Lipinski definition) is 2. The molecule has 0 heterocycles. The Morgan fingerprint density at radius 3 is 2.40 bits per heavy atom. The lowest BCUT2D eigenvalue weighted by molar-refractivity contribution is 0.339. The number of nitrogens with two attached hydrogens (primary N) is 1. The minimum Gasteiger partial charge on any atom is -0.494 e. The Balaban J connectivity index is 2.38. The van der Waals surface area contributed by atoms with Crippen molar-refractivity contribution in [2.75, 3.05) is 6.61 Å². The number of hydrogen-bond acceptors (Lipinski definition) is 3. The first-order valence-electron chi connectivity index (χ1n) is 6.29. The minimum atomic E-state index is -0.0933. The highest BCUT2D eigenvalue weighted by atomic mass is 79.9. The molecule has 1 unspecified atom stereocenters. The fourth-order valence-corrected chi connectivity index (χ4v) is 3.41. The molecule has 0 aromatic heterocycles. The number of nitrogens with one attached hydrogen (secondary N) is 1. The molecule has 0 amide bonds. The van der Waals surface area contributed by atoms with E-state index in [9.17, 15) is 0 Å². The van der Waals surface area contributed by atoms with Crippen LogP contribution in [-0.4, -0.2) is 6.61 Å². The first-order valence-corrected chi connectivity index (χ1v) is 7.87. The highest BCUT2D eigenvalue weighted by Gasteiger charge is 2.14. The number of halogens is 2. The van der Waals surface area contributed by atoms with Gasteiger partial charge in [-0.2, -0.15) is 0 Å². The Kier molecular flexibility index (Phi) is 5.60. The van der Waals surface area contributed by atoms with E-state index in [-0.39, 0.29) is 6.04 Å². The summed E-state index contributed by atoms with van der Waals surface area (Å²) in [6.45, 7) is 2.61. The molecule has 1 atom stereocenters. The Morgan fingerprint density at radius 1 is 1.10 bits per heavy atom. The molecule has 2 rings (SSSR count). The molecule has 0 spiro atoms. The van der Waals surface area contributed by atoms with Crippen LogP contribution in [0.3, 0.4) is 0 Å². The van der Waals surface area contributed by atoms with Gasteiger partial charge in [-0.05, 0) is 48.4 Å². The van der Waals surface area contributed by atoms with E-state index in [1.165, 1.54) is 0 Å². The van der Waals surface area contributed by atoms with Crippen molar-refractivity contribution in [3.63, 3.8) is 0 Å². The molecule has 0 saturated heterocycles. The highest BCUT2D eigenvalue weighted by molar-refractivity contribution is 9.11. The smallest absolute Gasteiger partial charge is 0.119 e. The summed E-state index contributed by atoms with van der Waals surface area (Å²) in [5, 5.41) is 0. The first-order chi connectivity index (χ1) is 9.63. The van der Waals surface area contributed by atoms with Crippen molar-refractivity contribution in [1.29, 1.82) is 0 Å².